The van der Waals surface area contributed by atoms with E-state index >= 15 is 0 Å². The molecule has 4 aromatic rings. The van der Waals surface area contributed by atoms with Crippen LogP contribution in [0, 0.1) is 5.82 Å². The van der Waals surface area contributed by atoms with Gasteiger partial charge in [-0.05, 0) is 42.5 Å². The van der Waals surface area contributed by atoms with Gasteiger partial charge in [-0.3, -0.25) is 4.79 Å². The number of fused-ring (bicyclic) bond motifs is 1. The predicted molar refractivity (Wildman–Crippen MR) is 99.4 cm³/mol. The Kier molecular flexibility index (Phi) is 4.61. The highest BCUT2D eigenvalue weighted by Crippen LogP contribution is 2.32. The standard InChI is InChI=1S/C20H12F4N4O2/c21-12-7-5-11(6-8-12)14-9-17(20(22,23)24)28-18(25-14)10-15(27-28)19(30)26-13-3-1-2-4-16(13)29/h1-10,29H,(H,26,30). The summed E-state index contributed by atoms with van der Waals surface area (Å²) in [5.74, 6) is -1.57. The van der Waals surface area contributed by atoms with Crippen LogP contribution in [0.4, 0.5) is 23.2 Å². The number of anilines is 1. The molecule has 152 valence electrons. The second kappa shape index (κ2) is 7.14. The fourth-order valence-electron chi connectivity index (χ4n) is 2.82. The van der Waals surface area contributed by atoms with Crippen LogP contribution in [0.2, 0.25) is 0 Å². The first-order valence-electron chi connectivity index (χ1n) is 8.56. The van der Waals surface area contributed by atoms with Crippen LogP contribution in [0.3, 0.4) is 0 Å². The number of halogens is 4. The molecule has 0 aliphatic carbocycles. The summed E-state index contributed by atoms with van der Waals surface area (Å²) in [6.45, 7) is 0. The lowest BCUT2D eigenvalue weighted by atomic mass is 10.1. The van der Waals surface area contributed by atoms with E-state index in [9.17, 15) is 27.5 Å². The lowest BCUT2D eigenvalue weighted by molar-refractivity contribution is -0.142. The number of benzene rings is 2. The van der Waals surface area contributed by atoms with Crippen molar-refractivity contribution in [3.8, 4) is 17.0 Å². The topological polar surface area (TPSA) is 79.5 Å². The van der Waals surface area contributed by atoms with Crippen molar-refractivity contribution in [3.63, 3.8) is 0 Å². The summed E-state index contributed by atoms with van der Waals surface area (Å²) in [6.07, 6.45) is -4.78. The Labute approximate surface area is 166 Å². The molecular weight excluding hydrogens is 404 g/mol. The lowest BCUT2D eigenvalue weighted by Gasteiger charge is -2.11. The van der Waals surface area contributed by atoms with E-state index in [1.54, 1.807) is 12.1 Å². The summed E-state index contributed by atoms with van der Waals surface area (Å²) in [7, 11) is 0. The van der Waals surface area contributed by atoms with Crippen LogP contribution < -0.4 is 5.32 Å². The van der Waals surface area contributed by atoms with Crippen molar-refractivity contribution >= 4 is 17.2 Å². The third kappa shape index (κ3) is 3.66. The first-order valence-corrected chi connectivity index (χ1v) is 8.56. The van der Waals surface area contributed by atoms with Gasteiger partial charge >= 0.3 is 6.18 Å². The molecule has 2 aromatic heterocycles. The maximum atomic E-state index is 13.6. The Morgan fingerprint density at radius 3 is 2.40 bits per heavy atom. The van der Waals surface area contributed by atoms with Gasteiger partial charge in [0.05, 0.1) is 11.4 Å². The number of carbonyl (C=O) groups is 1. The van der Waals surface area contributed by atoms with Gasteiger partial charge < -0.3 is 10.4 Å². The maximum Gasteiger partial charge on any atom is 0.433 e. The third-order valence-electron chi connectivity index (χ3n) is 4.24. The van der Waals surface area contributed by atoms with Crippen molar-refractivity contribution in [1.82, 2.24) is 14.6 Å². The molecule has 2 N–H and O–H groups in total. The number of nitrogens with one attached hydrogen (secondary N) is 1. The molecule has 0 atom stereocenters. The number of phenolic OH excluding ortho intramolecular Hbond substituents is 1. The maximum absolute atomic E-state index is 13.6. The number of rotatable bonds is 3. The van der Waals surface area contributed by atoms with E-state index in [0.717, 1.165) is 24.3 Å². The minimum atomic E-state index is -4.78. The quantitative estimate of drug-likeness (QED) is 0.380. The number of nitrogens with zero attached hydrogens (tertiary/aromatic N) is 3. The zero-order chi connectivity index (χ0) is 21.5. The zero-order valence-electron chi connectivity index (χ0n) is 15.0. The van der Waals surface area contributed by atoms with E-state index in [0.29, 0.717) is 4.52 Å². The molecule has 0 bridgehead atoms. The SMILES string of the molecule is O=C(Nc1ccccc1O)c1cc2nc(-c3ccc(F)cc3)cc(C(F)(F)F)n2n1. The number of alkyl halides is 3. The smallest absolute Gasteiger partial charge is 0.433 e. The van der Waals surface area contributed by atoms with Gasteiger partial charge in [-0.15, -0.1) is 0 Å². The molecule has 0 fully saturated rings. The van der Waals surface area contributed by atoms with Crippen LogP contribution in [0.1, 0.15) is 16.2 Å². The van der Waals surface area contributed by atoms with Crippen LogP contribution >= 0.6 is 0 Å². The highest BCUT2D eigenvalue weighted by Gasteiger charge is 2.35. The van der Waals surface area contributed by atoms with E-state index in [-0.39, 0.29) is 34.0 Å². The Bertz CT molecular complexity index is 1250. The molecule has 0 aliphatic rings. The number of carbonyl (C=O) groups excluding carboxylic acids is 1. The second-order valence-corrected chi connectivity index (χ2v) is 6.30. The van der Waals surface area contributed by atoms with E-state index in [4.69, 9.17) is 0 Å². The molecule has 1 amide bonds. The van der Waals surface area contributed by atoms with E-state index in [1.807, 2.05) is 0 Å². The largest absolute Gasteiger partial charge is 0.506 e. The summed E-state index contributed by atoms with van der Waals surface area (Å²) >= 11 is 0. The van der Waals surface area contributed by atoms with Gasteiger partial charge in [0.2, 0.25) is 0 Å². The second-order valence-electron chi connectivity index (χ2n) is 6.30. The van der Waals surface area contributed by atoms with Crippen molar-refractivity contribution in [2.24, 2.45) is 0 Å². The van der Waals surface area contributed by atoms with Gasteiger partial charge in [-0.1, -0.05) is 12.1 Å². The first-order chi connectivity index (χ1) is 14.2. The Hall–Kier alpha value is -3.95. The minimum Gasteiger partial charge on any atom is -0.506 e. The van der Waals surface area contributed by atoms with Crippen molar-refractivity contribution in [2.75, 3.05) is 5.32 Å². The monoisotopic (exact) mass is 416 g/mol. The molecule has 2 heterocycles. The van der Waals surface area contributed by atoms with Gasteiger partial charge in [0.1, 0.15) is 11.6 Å². The summed E-state index contributed by atoms with van der Waals surface area (Å²) in [5.41, 5.74) is -1.39. The van der Waals surface area contributed by atoms with Gasteiger partial charge in [0.25, 0.3) is 5.91 Å². The predicted octanol–water partition coefficient (Wildman–Crippen LogP) is 4.51. The van der Waals surface area contributed by atoms with Crippen molar-refractivity contribution in [2.45, 2.75) is 6.18 Å². The number of aromatic nitrogens is 3. The van der Waals surface area contributed by atoms with Crippen molar-refractivity contribution in [3.05, 3.63) is 77.9 Å². The van der Waals surface area contributed by atoms with Gasteiger partial charge in [-0.2, -0.15) is 18.3 Å². The number of amides is 1. The molecule has 0 saturated heterocycles. The third-order valence-corrected chi connectivity index (χ3v) is 4.24. The molecule has 0 spiro atoms. The number of aromatic hydroxyl groups is 1. The summed E-state index contributed by atoms with van der Waals surface area (Å²) < 4.78 is 54.5. The Morgan fingerprint density at radius 2 is 1.73 bits per heavy atom. The number of hydrogen-bond acceptors (Lipinski definition) is 4. The van der Waals surface area contributed by atoms with E-state index in [1.165, 1.54) is 24.3 Å². The van der Waals surface area contributed by atoms with Crippen LogP contribution in [-0.2, 0) is 6.18 Å². The molecule has 0 saturated carbocycles. The first kappa shape index (κ1) is 19.4. The molecule has 4 rings (SSSR count). The Morgan fingerprint density at radius 1 is 1.03 bits per heavy atom. The molecule has 0 unspecified atom stereocenters. The van der Waals surface area contributed by atoms with Gasteiger partial charge in [-0.25, -0.2) is 13.9 Å². The highest BCUT2D eigenvalue weighted by molar-refractivity contribution is 6.04. The van der Waals surface area contributed by atoms with Crippen molar-refractivity contribution in [1.29, 1.82) is 0 Å². The number of hydrogen-bond donors (Lipinski definition) is 2. The number of para-hydroxylation sites is 2. The zero-order valence-corrected chi connectivity index (χ0v) is 15.0. The molecule has 2 aromatic carbocycles. The van der Waals surface area contributed by atoms with Crippen LogP contribution in [-0.4, -0.2) is 25.6 Å². The van der Waals surface area contributed by atoms with E-state index < -0.39 is 23.6 Å². The minimum absolute atomic E-state index is 0.0533. The molecular formula is C20H12F4N4O2. The lowest BCUT2D eigenvalue weighted by Crippen LogP contribution is -2.15. The fourth-order valence-corrected chi connectivity index (χ4v) is 2.82. The highest BCUT2D eigenvalue weighted by atomic mass is 19.4. The summed E-state index contributed by atoms with van der Waals surface area (Å²) in [5, 5.41) is 15.9. The molecule has 30 heavy (non-hydrogen) atoms. The van der Waals surface area contributed by atoms with Crippen LogP contribution in [0.25, 0.3) is 16.9 Å². The molecule has 0 aliphatic heterocycles. The average Bonchev–Trinajstić information content (AvgIpc) is 3.13. The molecule has 6 nitrogen and oxygen atoms in total. The van der Waals surface area contributed by atoms with Gasteiger partial charge in [0.15, 0.2) is 17.0 Å². The summed E-state index contributed by atoms with van der Waals surface area (Å²) in [4.78, 5) is 16.6. The average molecular weight is 416 g/mol. The molecule has 10 heteroatoms. The summed E-state index contributed by atoms with van der Waals surface area (Å²) in [6, 6.07) is 12.6. The Balaban J connectivity index is 1.80. The number of phenols is 1. The van der Waals surface area contributed by atoms with Crippen LogP contribution in [0.5, 0.6) is 5.75 Å². The van der Waals surface area contributed by atoms with Crippen molar-refractivity contribution < 1.29 is 27.5 Å². The fraction of sp³-hybridized carbons (Fsp3) is 0.0500. The van der Waals surface area contributed by atoms with Crippen LogP contribution in [0.15, 0.2) is 60.7 Å². The molecule has 0 radical (unpaired) electrons. The normalized spacial score (nSPS) is 11.6. The van der Waals surface area contributed by atoms with E-state index in [2.05, 4.69) is 15.4 Å². The van der Waals surface area contributed by atoms with Gasteiger partial charge in [0, 0.05) is 11.6 Å².